The van der Waals surface area contributed by atoms with Crippen molar-refractivity contribution in [2.45, 2.75) is 30.9 Å². The molecule has 1 atom stereocenters. The van der Waals surface area contributed by atoms with Crippen LogP contribution in [0.4, 0.5) is 4.39 Å². The summed E-state index contributed by atoms with van der Waals surface area (Å²) in [7, 11) is 0. The van der Waals surface area contributed by atoms with Crippen LogP contribution in [0.15, 0.2) is 53.4 Å². The molecule has 0 saturated heterocycles. The number of thiazole rings is 1. The van der Waals surface area contributed by atoms with Crippen molar-refractivity contribution in [3.8, 4) is 5.75 Å². The number of nitrogens with zero attached hydrogens (tertiary/aromatic N) is 1. The van der Waals surface area contributed by atoms with Gasteiger partial charge in [0, 0.05) is 10.6 Å². The van der Waals surface area contributed by atoms with Gasteiger partial charge < -0.3 is 10.1 Å². The summed E-state index contributed by atoms with van der Waals surface area (Å²) >= 11 is 3.16. The first kappa shape index (κ1) is 19.0. The minimum Gasteiger partial charge on any atom is -0.486 e. The average Bonchev–Trinajstić information content (AvgIpc) is 3.08. The summed E-state index contributed by atoms with van der Waals surface area (Å²) in [6, 6.07) is 14.1. The monoisotopic (exact) mass is 414 g/mol. The number of ether oxygens (including phenoxy) is 1. The van der Waals surface area contributed by atoms with Gasteiger partial charge in [-0.25, -0.2) is 9.37 Å². The quantitative estimate of drug-likeness (QED) is 0.628. The third-order valence-electron chi connectivity index (χ3n) is 4.49. The van der Waals surface area contributed by atoms with Gasteiger partial charge in [0.25, 0.3) is 5.91 Å². The normalized spacial score (nSPS) is 15.7. The highest BCUT2D eigenvalue weighted by Gasteiger charge is 2.24. The Morgan fingerprint density at radius 3 is 2.86 bits per heavy atom. The number of hydrogen-bond acceptors (Lipinski definition) is 5. The fraction of sp³-hybridized carbons (Fsp3) is 0.238. The molecule has 0 aliphatic carbocycles. The van der Waals surface area contributed by atoms with Crippen molar-refractivity contribution in [1.29, 1.82) is 0 Å². The van der Waals surface area contributed by atoms with Gasteiger partial charge in [-0.1, -0.05) is 18.2 Å². The lowest BCUT2D eigenvalue weighted by Gasteiger charge is -2.25. The summed E-state index contributed by atoms with van der Waals surface area (Å²) in [5.74, 6) is 1.14. The van der Waals surface area contributed by atoms with Gasteiger partial charge in [0.05, 0.1) is 11.7 Å². The zero-order chi connectivity index (χ0) is 19.5. The third-order valence-corrected chi connectivity index (χ3v) is 6.74. The maximum atomic E-state index is 13.0. The highest BCUT2D eigenvalue weighted by Crippen LogP contribution is 2.36. The number of rotatable bonds is 5. The molecule has 0 unspecified atom stereocenters. The Hall–Kier alpha value is -2.38. The van der Waals surface area contributed by atoms with Gasteiger partial charge in [-0.3, -0.25) is 4.79 Å². The number of carbonyl (C=O) groups excluding carboxylic acids is 1. The van der Waals surface area contributed by atoms with Crippen LogP contribution in [0, 0.1) is 12.7 Å². The number of aryl methyl sites for hydroxylation is 1. The number of amides is 1. The van der Waals surface area contributed by atoms with E-state index < -0.39 is 0 Å². The minimum absolute atomic E-state index is 0.0189. The molecule has 144 valence electrons. The third kappa shape index (κ3) is 4.20. The van der Waals surface area contributed by atoms with Crippen LogP contribution in [0.5, 0.6) is 5.75 Å². The first-order valence-electron chi connectivity index (χ1n) is 8.97. The molecule has 1 N–H and O–H groups in total. The van der Waals surface area contributed by atoms with Gasteiger partial charge >= 0.3 is 0 Å². The Balaban J connectivity index is 1.43. The van der Waals surface area contributed by atoms with E-state index in [0.29, 0.717) is 21.3 Å². The van der Waals surface area contributed by atoms with Crippen molar-refractivity contribution in [2.75, 3.05) is 5.75 Å². The van der Waals surface area contributed by atoms with Gasteiger partial charge in [-0.2, -0.15) is 0 Å². The van der Waals surface area contributed by atoms with Crippen LogP contribution in [0.25, 0.3) is 0 Å². The fourth-order valence-corrected chi connectivity index (χ4v) is 5.12. The van der Waals surface area contributed by atoms with E-state index in [2.05, 4.69) is 22.4 Å². The van der Waals surface area contributed by atoms with E-state index in [0.717, 1.165) is 12.2 Å². The van der Waals surface area contributed by atoms with Crippen LogP contribution < -0.4 is 10.1 Å². The molecule has 1 amide bonds. The Morgan fingerprint density at radius 1 is 1.25 bits per heavy atom. The highest BCUT2D eigenvalue weighted by atomic mass is 32.2. The number of fused-ring (bicyclic) bond motifs is 1. The molecule has 0 bridgehead atoms. The molecule has 2 aromatic carbocycles. The SMILES string of the molecule is Cc1nc(COc2ccc(F)cc2)sc1C(=O)N[C@@H]1CCSc2ccccc21. The number of aromatic nitrogens is 1. The van der Waals surface area contributed by atoms with E-state index >= 15 is 0 Å². The lowest BCUT2D eigenvalue weighted by Crippen LogP contribution is -2.30. The van der Waals surface area contributed by atoms with Crippen LogP contribution in [-0.2, 0) is 6.61 Å². The molecule has 0 fully saturated rings. The van der Waals surface area contributed by atoms with Crippen LogP contribution in [0.3, 0.4) is 0 Å². The van der Waals surface area contributed by atoms with Crippen molar-refractivity contribution >= 4 is 29.0 Å². The van der Waals surface area contributed by atoms with Gasteiger partial charge in [-0.05, 0) is 49.2 Å². The standard InChI is InChI=1S/C21H19FN2O2S2/c1-13-20(28-19(23-13)12-26-15-8-6-14(22)7-9-15)21(25)24-17-10-11-27-18-5-3-2-4-16(17)18/h2-9,17H,10-12H2,1H3,(H,24,25)/t17-/m1/s1. The predicted octanol–water partition coefficient (Wildman–Crippen LogP) is 5.14. The number of thioether (sulfide) groups is 1. The van der Waals surface area contributed by atoms with Gasteiger partial charge in [-0.15, -0.1) is 23.1 Å². The summed E-state index contributed by atoms with van der Waals surface area (Å²) in [6.07, 6.45) is 0.909. The van der Waals surface area contributed by atoms with Crippen molar-refractivity contribution < 1.29 is 13.9 Å². The Labute approximate surface area is 171 Å². The highest BCUT2D eigenvalue weighted by molar-refractivity contribution is 7.99. The molecule has 0 spiro atoms. The molecule has 3 aromatic rings. The summed E-state index contributed by atoms with van der Waals surface area (Å²) in [4.78, 5) is 19.1. The van der Waals surface area contributed by atoms with E-state index in [9.17, 15) is 9.18 Å². The molecule has 1 aromatic heterocycles. The molecular weight excluding hydrogens is 395 g/mol. The first-order chi connectivity index (χ1) is 13.6. The molecular formula is C21H19FN2O2S2. The molecule has 28 heavy (non-hydrogen) atoms. The van der Waals surface area contributed by atoms with Crippen molar-refractivity contribution in [3.05, 3.63) is 75.5 Å². The second kappa shape index (κ2) is 8.32. The lowest BCUT2D eigenvalue weighted by molar-refractivity contribution is 0.0938. The predicted molar refractivity (Wildman–Crippen MR) is 110 cm³/mol. The number of carbonyl (C=O) groups is 1. The maximum Gasteiger partial charge on any atom is 0.263 e. The first-order valence-corrected chi connectivity index (χ1v) is 10.8. The smallest absolute Gasteiger partial charge is 0.263 e. The molecule has 0 saturated carbocycles. The van der Waals surface area contributed by atoms with E-state index in [1.807, 2.05) is 30.8 Å². The van der Waals surface area contributed by atoms with E-state index in [-0.39, 0.29) is 24.4 Å². The topological polar surface area (TPSA) is 51.2 Å². The second-order valence-electron chi connectivity index (χ2n) is 6.47. The second-order valence-corrected chi connectivity index (χ2v) is 8.69. The molecule has 4 rings (SSSR count). The zero-order valence-corrected chi connectivity index (χ0v) is 16.9. The number of benzene rings is 2. The summed E-state index contributed by atoms with van der Waals surface area (Å²) in [6.45, 7) is 2.07. The Morgan fingerprint density at radius 2 is 2.04 bits per heavy atom. The maximum absolute atomic E-state index is 13.0. The fourth-order valence-electron chi connectivity index (χ4n) is 3.12. The van der Waals surface area contributed by atoms with Crippen LogP contribution >= 0.6 is 23.1 Å². The number of halogens is 1. The summed E-state index contributed by atoms with van der Waals surface area (Å²) in [5, 5.41) is 3.88. The Kier molecular flexibility index (Phi) is 5.64. The van der Waals surface area contributed by atoms with E-state index in [1.165, 1.54) is 33.9 Å². The minimum atomic E-state index is -0.306. The number of hydrogen-bond donors (Lipinski definition) is 1. The van der Waals surface area contributed by atoms with Gasteiger partial charge in [0.15, 0.2) is 0 Å². The molecule has 7 heteroatoms. The zero-order valence-electron chi connectivity index (χ0n) is 15.3. The molecule has 0 radical (unpaired) electrons. The molecule has 2 heterocycles. The number of nitrogens with one attached hydrogen (secondary N) is 1. The van der Waals surface area contributed by atoms with Crippen LogP contribution in [-0.4, -0.2) is 16.6 Å². The summed E-state index contributed by atoms with van der Waals surface area (Å²) in [5.41, 5.74) is 1.87. The summed E-state index contributed by atoms with van der Waals surface area (Å²) < 4.78 is 18.6. The van der Waals surface area contributed by atoms with E-state index in [4.69, 9.17) is 4.74 Å². The average molecular weight is 415 g/mol. The van der Waals surface area contributed by atoms with Crippen LogP contribution in [0.2, 0.25) is 0 Å². The van der Waals surface area contributed by atoms with Gasteiger partial charge in [0.1, 0.15) is 28.1 Å². The molecule has 4 nitrogen and oxygen atoms in total. The largest absolute Gasteiger partial charge is 0.486 e. The van der Waals surface area contributed by atoms with Crippen LogP contribution in [0.1, 0.15) is 38.4 Å². The molecule has 1 aliphatic rings. The lowest BCUT2D eigenvalue weighted by atomic mass is 10.0. The van der Waals surface area contributed by atoms with Crippen molar-refractivity contribution in [1.82, 2.24) is 10.3 Å². The van der Waals surface area contributed by atoms with Gasteiger partial charge in [0.2, 0.25) is 0 Å². The van der Waals surface area contributed by atoms with Crippen molar-refractivity contribution in [2.24, 2.45) is 0 Å². The van der Waals surface area contributed by atoms with Crippen molar-refractivity contribution in [3.63, 3.8) is 0 Å². The Bertz CT molecular complexity index is 988. The van der Waals surface area contributed by atoms with E-state index in [1.54, 1.807) is 12.1 Å². The molecule has 1 aliphatic heterocycles.